The molecule has 0 aromatic rings. The van der Waals surface area contributed by atoms with Crippen molar-refractivity contribution in [2.45, 2.75) is 39.2 Å². The number of nitrogens with one attached hydrogen (secondary N) is 1. The summed E-state index contributed by atoms with van der Waals surface area (Å²) in [6.45, 7) is 5.34. The van der Waals surface area contributed by atoms with Crippen molar-refractivity contribution in [2.75, 3.05) is 6.54 Å². The predicted octanol–water partition coefficient (Wildman–Crippen LogP) is 2.06. The van der Waals surface area contributed by atoms with Crippen LogP contribution in [0.2, 0.25) is 0 Å². The normalized spacial score (nSPS) is 27.1. The Hall–Kier alpha value is -0.0900. The molecular formula is C10H20BrNO2. The minimum atomic E-state index is -0.658. The van der Waals surface area contributed by atoms with E-state index < -0.39 is 5.97 Å². The van der Waals surface area contributed by atoms with Crippen molar-refractivity contribution in [1.82, 2.24) is 5.32 Å². The van der Waals surface area contributed by atoms with E-state index in [-0.39, 0.29) is 17.0 Å². The smallest absolute Gasteiger partial charge is 0.303 e. The van der Waals surface area contributed by atoms with Gasteiger partial charge in [-0.25, -0.2) is 0 Å². The maximum atomic E-state index is 10.5. The second-order valence-corrected chi connectivity index (χ2v) is 4.29. The van der Waals surface area contributed by atoms with Crippen molar-refractivity contribution < 1.29 is 9.90 Å². The second-order valence-electron chi connectivity index (χ2n) is 4.29. The zero-order valence-corrected chi connectivity index (χ0v) is 10.5. The number of carboxylic acid groups (broad SMARTS) is 1. The maximum absolute atomic E-state index is 10.5. The number of rotatable bonds is 3. The van der Waals surface area contributed by atoms with Crippen LogP contribution in [0.3, 0.4) is 0 Å². The lowest BCUT2D eigenvalue weighted by Gasteiger charge is -2.32. The van der Waals surface area contributed by atoms with Crippen LogP contribution in [-0.2, 0) is 4.79 Å². The van der Waals surface area contributed by atoms with Crippen LogP contribution in [0.5, 0.6) is 0 Å². The molecule has 1 fully saturated rings. The molecule has 4 heteroatoms. The molecule has 14 heavy (non-hydrogen) atoms. The van der Waals surface area contributed by atoms with E-state index in [1.165, 1.54) is 0 Å². The first-order valence-corrected chi connectivity index (χ1v) is 5.04. The number of hydrogen-bond donors (Lipinski definition) is 2. The van der Waals surface area contributed by atoms with Crippen molar-refractivity contribution in [2.24, 2.45) is 11.8 Å². The van der Waals surface area contributed by atoms with Gasteiger partial charge in [-0.15, -0.1) is 17.0 Å². The Morgan fingerprint density at radius 3 is 2.71 bits per heavy atom. The number of carbonyl (C=O) groups is 1. The summed E-state index contributed by atoms with van der Waals surface area (Å²) in [6.07, 6.45) is 2.37. The number of halogens is 1. The summed E-state index contributed by atoms with van der Waals surface area (Å²) in [5.74, 6) is 0.331. The first-order valence-electron chi connectivity index (χ1n) is 5.04. The van der Waals surface area contributed by atoms with Crippen LogP contribution >= 0.6 is 17.0 Å². The Labute approximate surface area is 96.0 Å². The van der Waals surface area contributed by atoms with Crippen molar-refractivity contribution in [1.29, 1.82) is 0 Å². The SMILES string of the molecule is Br.CC(C)[C@H]1C[C@H](CC(=O)O)CCN1. The maximum Gasteiger partial charge on any atom is 0.303 e. The molecule has 0 amide bonds. The third kappa shape index (κ3) is 4.42. The zero-order chi connectivity index (χ0) is 9.84. The van der Waals surface area contributed by atoms with Gasteiger partial charge in [0.2, 0.25) is 0 Å². The Morgan fingerprint density at radius 1 is 1.57 bits per heavy atom. The molecule has 1 saturated heterocycles. The van der Waals surface area contributed by atoms with Gasteiger partial charge in [-0.2, -0.15) is 0 Å². The third-order valence-corrected chi connectivity index (χ3v) is 2.81. The first kappa shape index (κ1) is 13.9. The number of carboxylic acids is 1. The minimum absolute atomic E-state index is 0. The molecule has 84 valence electrons. The van der Waals surface area contributed by atoms with Crippen LogP contribution in [0, 0.1) is 11.8 Å². The summed E-state index contributed by atoms with van der Waals surface area (Å²) in [5.41, 5.74) is 0. The van der Waals surface area contributed by atoms with Crippen molar-refractivity contribution in [3.63, 3.8) is 0 Å². The van der Waals surface area contributed by atoms with Crippen molar-refractivity contribution in [3.8, 4) is 0 Å². The minimum Gasteiger partial charge on any atom is -0.481 e. The van der Waals surface area contributed by atoms with E-state index in [4.69, 9.17) is 5.11 Å². The van der Waals surface area contributed by atoms with Gasteiger partial charge in [-0.1, -0.05) is 13.8 Å². The van der Waals surface area contributed by atoms with Gasteiger partial charge in [0.1, 0.15) is 0 Å². The van der Waals surface area contributed by atoms with Crippen LogP contribution in [0.4, 0.5) is 0 Å². The zero-order valence-electron chi connectivity index (χ0n) is 8.82. The summed E-state index contributed by atoms with van der Waals surface area (Å²) in [4.78, 5) is 10.5. The molecule has 1 rings (SSSR count). The molecule has 1 aliphatic rings. The van der Waals surface area contributed by atoms with E-state index in [2.05, 4.69) is 19.2 Å². The van der Waals surface area contributed by atoms with Gasteiger partial charge in [0, 0.05) is 12.5 Å². The fourth-order valence-electron chi connectivity index (χ4n) is 1.97. The summed E-state index contributed by atoms with van der Waals surface area (Å²) in [6, 6.07) is 0.512. The van der Waals surface area contributed by atoms with Gasteiger partial charge in [0.25, 0.3) is 0 Å². The molecule has 3 nitrogen and oxygen atoms in total. The first-order chi connectivity index (χ1) is 6.09. The topological polar surface area (TPSA) is 49.3 Å². The molecule has 0 aromatic carbocycles. The Kier molecular flexibility index (Phi) is 6.36. The molecule has 0 aromatic heterocycles. The van der Waals surface area contributed by atoms with Gasteiger partial charge in [0.05, 0.1) is 0 Å². The average Bonchev–Trinajstić information content (AvgIpc) is 2.03. The molecule has 0 radical (unpaired) electrons. The second kappa shape index (κ2) is 6.40. The van der Waals surface area contributed by atoms with Gasteiger partial charge < -0.3 is 10.4 Å². The van der Waals surface area contributed by atoms with Crippen LogP contribution in [0.1, 0.15) is 33.1 Å². The molecule has 1 heterocycles. The van der Waals surface area contributed by atoms with E-state index in [1.54, 1.807) is 0 Å². The number of aliphatic carboxylic acids is 1. The molecule has 2 N–H and O–H groups in total. The summed E-state index contributed by atoms with van der Waals surface area (Å²) < 4.78 is 0. The van der Waals surface area contributed by atoms with Gasteiger partial charge in [-0.3, -0.25) is 4.79 Å². The highest BCUT2D eigenvalue weighted by molar-refractivity contribution is 8.93. The van der Waals surface area contributed by atoms with Crippen LogP contribution in [0.25, 0.3) is 0 Å². The van der Waals surface area contributed by atoms with Gasteiger partial charge >= 0.3 is 5.97 Å². The molecule has 1 aliphatic heterocycles. The lowest BCUT2D eigenvalue weighted by atomic mass is 9.85. The van der Waals surface area contributed by atoms with Crippen molar-refractivity contribution in [3.05, 3.63) is 0 Å². The molecule has 0 bridgehead atoms. The van der Waals surface area contributed by atoms with E-state index in [0.29, 0.717) is 24.3 Å². The molecule has 2 atom stereocenters. The summed E-state index contributed by atoms with van der Waals surface area (Å²) >= 11 is 0. The van der Waals surface area contributed by atoms with E-state index >= 15 is 0 Å². The quantitative estimate of drug-likeness (QED) is 0.822. The van der Waals surface area contributed by atoms with Gasteiger partial charge in [-0.05, 0) is 31.2 Å². The van der Waals surface area contributed by atoms with Crippen LogP contribution in [0.15, 0.2) is 0 Å². The van der Waals surface area contributed by atoms with Crippen LogP contribution < -0.4 is 5.32 Å². The summed E-state index contributed by atoms with van der Waals surface area (Å²) in [5, 5.41) is 12.1. The highest BCUT2D eigenvalue weighted by atomic mass is 79.9. The van der Waals surface area contributed by atoms with E-state index in [0.717, 1.165) is 19.4 Å². The highest BCUT2D eigenvalue weighted by Crippen LogP contribution is 2.23. The van der Waals surface area contributed by atoms with Gasteiger partial charge in [0.15, 0.2) is 0 Å². The standard InChI is InChI=1S/C10H19NO2.BrH/c1-7(2)9-5-8(3-4-11-9)6-10(12)13;/h7-9,11H,3-6H2,1-2H3,(H,12,13);1H/t8-,9-;/m1./s1. The Bertz CT molecular complexity index is 185. The molecular weight excluding hydrogens is 246 g/mol. The lowest BCUT2D eigenvalue weighted by molar-refractivity contribution is -0.138. The van der Waals surface area contributed by atoms with E-state index in [1.807, 2.05) is 0 Å². The lowest BCUT2D eigenvalue weighted by Crippen LogP contribution is -2.41. The predicted molar refractivity (Wildman–Crippen MR) is 61.9 cm³/mol. The Morgan fingerprint density at radius 2 is 2.21 bits per heavy atom. The fourth-order valence-corrected chi connectivity index (χ4v) is 1.97. The number of hydrogen-bond acceptors (Lipinski definition) is 2. The largest absolute Gasteiger partial charge is 0.481 e. The van der Waals surface area contributed by atoms with Crippen LogP contribution in [-0.4, -0.2) is 23.7 Å². The van der Waals surface area contributed by atoms with Crippen molar-refractivity contribution >= 4 is 23.0 Å². The molecule has 0 spiro atoms. The molecule has 0 aliphatic carbocycles. The highest BCUT2D eigenvalue weighted by Gasteiger charge is 2.24. The summed E-state index contributed by atoms with van der Waals surface area (Å²) in [7, 11) is 0. The monoisotopic (exact) mass is 265 g/mol. The molecule has 0 unspecified atom stereocenters. The Balaban J connectivity index is 0.00000169. The fraction of sp³-hybridized carbons (Fsp3) is 0.900. The average molecular weight is 266 g/mol. The third-order valence-electron chi connectivity index (χ3n) is 2.81. The molecule has 0 saturated carbocycles. The number of piperidine rings is 1. The van der Waals surface area contributed by atoms with E-state index in [9.17, 15) is 4.79 Å².